The molecule has 1 aliphatic carbocycles. The third-order valence-electron chi connectivity index (χ3n) is 7.34. The summed E-state index contributed by atoms with van der Waals surface area (Å²) >= 11 is 0. The number of carboxylic acids is 1. The largest absolute Gasteiger partial charge is 0.496 e. The molecular formula is C27H36N4O4. The molecule has 8 nitrogen and oxygen atoms in total. The van der Waals surface area contributed by atoms with Crippen LogP contribution < -0.4 is 10.1 Å². The third kappa shape index (κ3) is 5.59. The van der Waals surface area contributed by atoms with Crippen LogP contribution in [0.1, 0.15) is 73.0 Å². The van der Waals surface area contributed by atoms with Gasteiger partial charge in [-0.25, -0.2) is 4.98 Å². The molecule has 1 saturated heterocycles. The first-order valence-corrected chi connectivity index (χ1v) is 13.0. The normalized spacial score (nSPS) is 20.8. The minimum Gasteiger partial charge on any atom is -0.496 e. The number of nitrogens with zero attached hydrogens (tertiary/aromatic N) is 3. The summed E-state index contributed by atoms with van der Waals surface area (Å²) in [6.45, 7) is 3.01. The molecule has 8 heteroatoms. The molecule has 2 aromatic rings. The lowest BCUT2D eigenvalue weighted by Crippen LogP contribution is -2.34. The lowest BCUT2D eigenvalue weighted by molar-refractivity contribution is -0.143. The predicted octanol–water partition coefficient (Wildman–Crippen LogP) is 3.96. The number of nitrogens with one attached hydrogen (secondary N) is 1. The molecule has 2 aliphatic heterocycles. The molecule has 4 heterocycles. The zero-order chi connectivity index (χ0) is 24.2. The summed E-state index contributed by atoms with van der Waals surface area (Å²) in [7, 11) is 1.72. The molecular weight excluding hydrogens is 444 g/mol. The van der Waals surface area contributed by atoms with Crippen LogP contribution in [0.5, 0.6) is 5.75 Å². The molecule has 3 aliphatic rings. The number of anilines is 1. The molecule has 0 spiro atoms. The number of aromatic nitrogens is 2. The summed E-state index contributed by atoms with van der Waals surface area (Å²) < 4.78 is 11.7. The molecule has 2 atom stereocenters. The van der Waals surface area contributed by atoms with E-state index in [1.165, 1.54) is 5.56 Å². The number of carboxylic acid groups (broad SMARTS) is 1. The second-order valence-corrected chi connectivity index (χ2v) is 9.90. The van der Waals surface area contributed by atoms with Gasteiger partial charge in [-0.15, -0.1) is 0 Å². The molecule has 0 radical (unpaired) electrons. The fraction of sp³-hybridized carbons (Fsp3) is 0.593. The Morgan fingerprint density at radius 1 is 1.31 bits per heavy atom. The molecule has 1 saturated carbocycles. The highest BCUT2D eigenvalue weighted by atomic mass is 16.5. The number of aryl methyl sites for hydroxylation is 1. The fourth-order valence-corrected chi connectivity index (χ4v) is 5.40. The van der Waals surface area contributed by atoms with Crippen LogP contribution in [0.3, 0.4) is 0 Å². The Morgan fingerprint density at radius 2 is 2.20 bits per heavy atom. The van der Waals surface area contributed by atoms with Crippen LogP contribution in [-0.2, 0) is 22.4 Å². The van der Waals surface area contributed by atoms with Gasteiger partial charge in [0.05, 0.1) is 13.2 Å². The van der Waals surface area contributed by atoms with Crippen molar-refractivity contribution in [2.75, 3.05) is 38.7 Å². The van der Waals surface area contributed by atoms with E-state index in [1.54, 1.807) is 13.3 Å². The van der Waals surface area contributed by atoms with Crippen molar-refractivity contribution in [3.05, 3.63) is 46.9 Å². The van der Waals surface area contributed by atoms with E-state index in [9.17, 15) is 9.90 Å². The van der Waals surface area contributed by atoms with E-state index in [4.69, 9.17) is 14.5 Å². The number of ether oxygens (including phenoxy) is 2. The number of pyridine rings is 2. The van der Waals surface area contributed by atoms with Crippen LogP contribution in [0.25, 0.3) is 0 Å². The van der Waals surface area contributed by atoms with Gasteiger partial charge in [0.25, 0.3) is 0 Å². The molecule has 0 aromatic carbocycles. The fourth-order valence-electron chi connectivity index (χ4n) is 5.40. The minimum absolute atomic E-state index is 0.0732. The summed E-state index contributed by atoms with van der Waals surface area (Å²) in [4.78, 5) is 23.6. The van der Waals surface area contributed by atoms with Crippen molar-refractivity contribution in [3.8, 4) is 5.75 Å². The monoisotopic (exact) mass is 480 g/mol. The highest BCUT2D eigenvalue weighted by Gasteiger charge is 2.38. The summed E-state index contributed by atoms with van der Waals surface area (Å²) in [6.07, 6.45) is 9.86. The maximum Gasteiger partial charge on any atom is 0.325 e. The average Bonchev–Trinajstić information content (AvgIpc) is 3.62. The lowest BCUT2D eigenvalue weighted by atomic mass is 10.0. The van der Waals surface area contributed by atoms with E-state index in [2.05, 4.69) is 16.4 Å². The number of rotatable bonds is 11. The van der Waals surface area contributed by atoms with Crippen LogP contribution >= 0.6 is 0 Å². The van der Waals surface area contributed by atoms with Crippen molar-refractivity contribution in [1.82, 2.24) is 14.9 Å². The zero-order valence-electron chi connectivity index (χ0n) is 20.5. The van der Waals surface area contributed by atoms with Crippen LogP contribution in [0.15, 0.2) is 24.4 Å². The number of likely N-dealkylation sites (tertiary alicyclic amines) is 1. The SMILES string of the molecule is COc1cc(CCCCO[C@@H]2CCN(C(C(=O)O)c3cccnc3C3CC3)C2)nc2c1CCCN2. The van der Waals surface area contributed by atoms with Gasteiger partial charge in [0, 0.05) is 66.9 Å². The summed E-state index contributed by atoms with van der Waals surface area (Å²) in [5.74, 6) is 1.52. The Balaban J connectivity index is 1.10. The van der Waals surface area contributed by atoms with Crippen molar-refractivity contribution >= 4 is 11.8 Å². The van der Waals surface area contributed by atoms with E-state index in [0.29, 0.717) is 19.1 Å². The van der Waals surface area contributed by atoms with Crippen LogP contribution in [-0.4, -0.2) is 65.4 Å². The van der Waals surface area contributed by atoms with Gasteiger partial charge in [-0.3, -0.25) is 14.7 Å². The molecule has 0 amide bonds. The zero-order valence-corrected chi connectivity index (χ0v) is 20.5. The van der Waals surface area contributed by atoms with Gasteiger partial charge in [0.1, 0.15) is 17.6 Å². The number of hydrogen-bond donors (Lipinski definition) is 2. The van der Waals surface area contributed by atoms with E-state index >= 15 is 0 Å². The molecule has 5 rings (SSSR count). The highest BCUT2D eigenvalue weighted by molar-refractivity contribution is 5.76. The Labute approximate surface area is 207 Å². The number of aliphatic carboxylic acids is 1. The standard InChI is InChI=1S/C27H36N4O4/c1-34-23-16-19(30-26-21(23)7-4-13-29-26)6-2-3-15-35-20-11-14-31(17-20)25(27(32)33)22-8-5-12-28-24(22)18-9-10-18/h5,8,12,16,18,20,25H,2-4,6-7,9-11,13-15,17H2,1H3,(H,29,30)(H,32,33)/t20-,25?/m1/s1. The lowest BCUT2D eigenvalue weighted by Gasteiger charge is -2.26. The molecule has 188 valence electrons. The maximum absolute atomic E-state index is 12.2. The maximum atomic E-state index is 12.2. The van der Waals surface area contributed by atoms with Crippen LogP contribution in [0.2, 0.25) is 0 Å². The first-order valence-electron chi connectivity index (χ1n) is 13.0. The van der Waals surface area contributed by atoms with Crippen LogP contribution in [0, 0.1) is 0 Å². The first kappa shape index (κ1) is 24.0. The third-order valence-corrected chi connectivity index (χ3v) is 7.34. The van der Waals surface area contributed by atoms with E-state index in [-0.39, 0.29) is 6.10 Å². The van der Waals surface area contributed by atoms with Gasteiger partial charge < -0.3 is 19.9 Å². The predicted molar refractivity (Wildman–Crippen MR) is 133 cm³/mol. The van der Waals surface area contributed by atoms with Gasteiger partial charge in [-0.1, -0.05) is 6.07 Å². The average molecular weight is 481 g/mol. The molecule has 2 N–H and O–H groups in total. The number of unbranched alkanes of at least 4 members (excludes halogenated alkanes) is 1. The van der Waals surface area contributed by atoms with Gasteiger partial charge >= 0.3 is 5.97 Å². The Kier molecular flexibility index (Phi) is 7.48. The second-order valence-electron chi connectivity index (χ2n) is 9.90. The first-order chi connectivity index (χ1) is 17.1. The second kappa shape index (κ2) is 10.9. The van der Waals surface area contributed by atoms with Gasteiger partial charge in [0.2, 0.25) is 0 Å². The van der Waals surface area contributed by atoms with Gasteiger partial charge in [-0.05, 0) is 57.4 Å². The van der Waals surface area contributed by atoms with Gasteiger partial charge in [-0.2, -0.15) is 0 Å². The summed E-state index contributed by atoms with van der Waals surface area (Å²) in [5, 5.41) is 13.4. The quantitative estimate of drug-likeness (QED) is 0.467. The molecule has 2 fully saturated rings. The number of fused-ring (bicyclic) bond motifs is 1. The molecule has 35 heavy (non-hydrogen) atoms. The number of carbonyl (C=O) groups is 1. The number of hydrogen-bond acceptors (Lipinski definition) is 7. The molecule has 1 unspecified atom stereocenters. The topological polar surface area (TPSA) is 96.8 Å². The summed E-state index contributed by atoms with van der Waals surface area (Å²) in [5.41, 5.74) is 4.05. The Hall–Kier alpha value is -2.71. The van der Waals surface area contributed by atoms with E-state index in [0.717, 1.165) is 93.0 Å². The minimum atomic E-state index is -0.803. The molecule has 2 aromatic heterocycles. The van der Waals surface area contributed by atoms with Crippen molar-refractivity contribution in [1.29, 1.82) is 0 Å². The van der Waals surface area contributed by atoms with Crippen molar-refractivity contribution in [2.24, 2.45) is 0 Å². The highest BCUT2D eigenvalue weighted by Crippen LogP contribution is 2.43. The van der Waals surface area contributed by atoms with E-state index in [1.807, 2.05) is 17.0 Å². The van der Waals surface area contributed by atoms with Crippen molar-refractivity contribution < 1.29 is 19.4 Å². The van der Waals surface area contributed by atoms with Crippen molar-refractivity contribution in [2.45, 2.75) is 69.4 Å². The molecule has 0 bridgehead atoms. The Morgan fingerprint density at radius 3 is 3.00 bits per heavy atom. The van der Waals surface area contributed by atoms with Crippen LogP contribution in [0.4, 0.5) is 5.82 Å². The van der Waals surface area contributed by atoms with E-state index < -0.39 is 12.0 Å². The Bertz CT molecular complexity index is 1020. The summed E-state index contributed by atoms with van der Waals surface area (Å²) in [6, 6.07) is 5.21. The smallest absolute Gasteiger partial charge is 0.325 e. The van der Waals surface area contributed by atoms with Gasteiger partial charge in [0.15, 0.2) is 0 Å². The van der Waals surface area contributed by atoms with Crippen molar-refractivity contribution in [3.63, 3.8) is 0 Å². The number of methoxy groups -OCH3 is 1.